The van der Waals surface area contributed by atoms with Crippen LogP contribution in [-0.4, -0.2) is 28.7 Å². The zero-order valence-corrected chi connectivity index (χ0v) is 9.15. The van der Waals surface area contributed by atoms with Crippen molar-refractivity contribution in [2.45, 2.75) is 46.1 Å². The van der Waals surface area contributed by atoms with Gasteiger partial charge in [-0.05, 0) is 0 Å². The Kier molecular flexibility index (Phi) is 16.5. The summed E-state index contributed by atoms with van der Waals surface area (Å²) in [5, 5.41) is 10.1. The Labute approximate surface area is 81.4 Å². The molecule has 0 aromatic heterocycles. The predicted octanol–water partition coefficient (Wildman–Crippen LogP) is 1.38. The Morgan fingerprint density at radius 3 is 1.40 bits per heavy atom. The van der Waals surface area contributed by atoms with E-state index < -0.39 is 5.60 Å². The summed E-state index contributed by atoms with van der Waals surface area (Å²) >= 11 is 0. The zero-order chi connectivity index (χ0) is 7.91. The molecule has 0 saturated heterocycles. The SMILES string of the molecule is CC(C)(C)[O-].[CH2-]CCC.[Mg+2]. The summed E-state index contributed by atoms with van der Waals surface area (Å²) in [6, 6.07) is 0. The Hall–Kier alpha value is 0.726. The van der Waals surface area contributed by atoms with Gasteiger partial charge in [0.15, 0.2) is 0 Å². The van der Waals surface area contributed by atoms with Gasteiger partial charge in [0.2, 0.25) is 0 Å². The molecular weight excluding hydrogens is 136 g/mol. The number of hydrogen-bond acceptors (Lipinski definition) is 1. The maximum atomic E-state index is 10.1. The Morgan fingerprint density at radius 1 is 1.30 bits per heavy atom. The first-order chi connectivity index (χ1) is 3.91. The largest absolute Gasteiger partial charge is 2.00 e. The van der Waals surface area contributed by atoms with Crippen molar-refractivity contribution in [1.82, 2.24) is 0 Å². The van der Waals surface area contributed by atoms with E-state index in [1.54, 1.807) is 20.8 Å². The Balaban J connectivity index is -0.0000000910. The quantitative estimate of drug-likeness (QED) is 0.413. The van der Waals surface area contributed by atoms with Gasteiger partial charge in [-0.25, -0.2) is 0 Å². The van der Waals surface area contributed by atoms with E-state index in [9.17, 15) is 5.11 Å². The van der Waals surface area contributed by atoms with E-state index in [-0.39, 0.29) is 23.1 Å². The third-order valence-electron chi connectivity index (χ3n) is 0.354. The second-order valence-electron chi connectivity index (χ2n) is 2.97. The van der Waals surface area contributed by atoms with Crippen molar-refractivity contribution < 1.29 is 5.11 Å². The van der Waals surface area contributed by atoms with Gasteiger partial charge in [0.1, 0.15) is 0 Å². The first-order valence-electron chi connectivity index (χ1n) is 3.41. The molecule has 2 heteroatoms. The fourth-order valence-corrected chi connectivity index (χ4v) is 0. The molecule has 0 aliphatic rings. The molecule has 0 spiro atoms. The summed E-state index contributed by atoms with van der Waals surface area (Å²) < 4.78 is 0. The van der Waals surface area contributed by atoms with Gasteiger partial charge < -0.3 is 12.0 Å². The molecule has 0 aliphatic heterocycles. The molecule has 0 rings (SSSR count). The van der Waals surface area contributed by atoms with Gasteiger partial charge in [0.05, 0.1) is 0 Å². The third-order valence-corrected chi connectivity index (χ3v) is 0.354. The molecule has 10 heavy (non-hydrogen) atoms. The van der Waals surface area contributed by atoms with Crippen LogP contribution in [-0.2, 0) is 0 Å². The van der Waals surface area contributed by atoms with Crippen LogP contribution in [0.2, 0.25) is 0 Å². The minimum Gasteiger partial charge on any atom is -0.850 e. The van der Waals surface area contributed by atoms with Gasteiger partial charge >= 0.3 is 23.1 Å². The topological polar surface area (TPSA) is 23.1 Å². The van der Waals surface area contributed by atoms with E-state index in [0.717, 1.165) is 6.42 Å². The van der Waals surface area contributed by atoms with Gasteiger partial charge in [0.25, 0.3) is 0 Å². The summed E-state index contributed by atoms with van der Waals surface area (Å²) in [4.78, 5) is 0. The molecule has 0 N–H and O–H groups in total. The van der Waals surface area contributed by atoms with Crippen LogP contribution < -0.4 is 5.11 Å². The van der Waals surface area contributed by atoms with E-state index in [1.807, 2.05) is 0 Å². The van der Waals surface area contributed by atoms with E-state index >= 15 is 0 Å². The summed E-state index contributed by atoms with van der Waals surface area (Å²) in [6.45, 7) is 10.6. The monoisotopic (exact) mass is 154 g/mol. The van der Waals surface area contributed by atoms with Gasteiger partial charge in [-0.2, -0.15) is 6.42 Å². The standard InChI is InChI=1S/C4H9O.C4H9.Mg/c1-4(2,3)5;1-3-4-2;/h1-3H3;1,3-4H2,2H3;/q2*-1;+2. The van der Waals surface area contributed by atoms with Crippen LogP contribution in [0, 0.1) is 6.92 Å². The van der Waals surface area contributed by atoms with Crippen LogP contribution in [0.5, 0.6) is 0 Å². The van der Waals surface area contributed by atoms with E-state index in [1.165, 1.54) is 6.42 Å². The van der Waals surface area contributed by atoms with E-state index in [2.05, 4.69) is 13.8 Å². The van der Waals surface area contributed by atoms with Gasteiger partial charge in [-0.3, -0.25) is 0 Å². The summed E-state index contributed by atoms with van der Waals surface area (Å²) in [5.74, 6) is 0. The normalized spacial score (nSPS) is 9.00. The minimum atomic E-state index is -0.750. The molecule has 58 valence electrons. The van der Waals surface area contributed by atoms with Crippen molar-refractivity contribution in [3.63, 3.8) is 0 Å². The summed E-state index contributed by atoms with van der Waals surface area (Å²) in [6.07, 6.45) is 2.28. The van der Waals surface area contributed by atoms with E-state index in [4.69, 9.17) is 0 Å². The van der Waals surface area contributed by atoms with Gasteiger partial charge in [-0.1, -0.05) is 34.1 Å². The van der Waals surface area contributed by atoms with Crippen LogP contribution in [0.4, 0.5) is 0 Å². The Morgan fingerprint density at radius 2 is 1.40 bits per heavy atom. The molecule has 0 unspecified atom stereocenters. The molecule has 0 aromatic rings. The van der Waals surface area contributed by atoms with Crippen molar-refractivity contribution in [2.75, 3.05) is 0 Å². The smallest absolute Gasteiger partial charge is 0.850 e. The molecule has 0 aliphatic carbocycles. The molecule has 0 aromatic carbocycles. The van der Waals surface area contributed by atoms with Crippen molar-refractivity contribution in [2.24, 2.45) is 0 Å². The first-order valence-corrected chi connectivity index (χ1v) is 3.41. The molecule has 0 heterocycles. The third kappa shape index (κ3) is 175. The average Bonchev–Trinajstić information content (AvgIpc) is 1.61. The van der Waals surface area contributed by atoms with Crippen LogP contribution >= 0.6 is 0 Å². The summed E-state index contributed by atoms with van der Waals surface area (Å²) in [7, 11) is 0. The number of unbranched alkanes of at least 4 members (excludes halogenated alkanes) is 1. The molecule has 0 radical (unpaired) electrons. The van der Waals surface area contributed by atoms with E-state index in [0.29, 0.717) is 0 Å². The van der Waals surface area contributed by atoms with Crippen LogP contribution in [0.25, 0.3) is 0 Å². The fourth-order valence-electron chi connectivity index (χ4n) is 0. The molecule has 1 nitrogen and oxygen atoms in total. The van der Waals surface area contributed by atoms with Crippen molar-refractivity contribution in [3.05, 3.63) is 6.92 Å². The van der Waals surface area contributed by atoms with Gasteiger partial charge in [0, 0.05) is 0 Å². The fraction of sp³-hybridized carbons (Fsp3) is 0.875. The summed E-state index contributed by atoms with van der Waals surface area (Å²) in [5.41, 5.74) is -0.750. The van der Waals surface area contributed by atoms with Crippen molar-refractivity contribution in [1.29, 1.82) is 0 Å². The Bertz CT molecular complexity index is 39.7. The number of rotatable bonds is 1. The molecular formula is C8H18MgO. The molecule has 0 saturated carbocycles. The molecule has 0 bridgehead atoms. The van der Waals surface area contributed by atoms with Crippen LogP contribution in [0.3, 0.4) is 0 Å². The molecule has 0 fully saturated rings. The molecule has 0 amide bonds. The second kappa shape index (κ2) is 9.73. The first kappa shape index (κ1) is 17.0. The van der Waals surface area contributed by atoms with Gasteiger partial charge in [-0.15, -0.1) is 5.60 Å². The zero-order valence-electron chi connectivity index (χ0n) is 7.74. The maximum absolute atomic E-state index is 10.1. The maximum Gasteiger partial charge on any atom is 2.00 e. The minimum absolute atomic E-state index is 0. The average molecular weight is 155 g/mol. The predicted molar refractivity (Wildman–Crippen MR) is 45.8 cm³/mol. The second-order valence-corrected chi connectivity index (χ2v) is 2.97. The van der Waals surface area contributed by atoms with Crippen LogP contribution in [0.15, 0.2) is 0 Å². The van der Waals surface area contributed by atoms with Crippen LogP contribution in [0.1, 0.15) is 40.5 Å². The molecule has 0 atom stereocenters. The number of hydrogen-bond donors (Lipinski definition) is 0. The van der Waals surface area contributed by atoms with Crippen molar-refractivity contribution >= 4 is 23.1 Å². The van der Waals surface area contributed by atoms with Crippen molar-refractivity contribution in [3.8, 4) is 0 Å².